The minimum Gasteiger partial charge on any atom is -0.365 e. The topological polar surface area (TPSA) is 58.6 Å². The summed E-state index contributed by atoms with van der Waals surface area (Å²) in [6.45, 7) is 2.73. The van der Waals surface area contributed by atoms with Crippen molar-refractivity contribution in [3.8, 4) is 0 Å². The minimum atomic E-state index is -0.262. The van der Waals surface area contributed by atoms with E-state index in [9.17, 15) is 9.59 Å². The largest absolute Gasteiger partial charge is 0.365 e. The molecular weight excluding hydrogens is 340 g/mol. The Balaban J connectivity index is 1.61. The van der Waals surface area contributed by atoms with E-state index in [0.717, 1.165) is 11.3 Å². The Hall–Kier alpha value is -2.37. The Kier molecular flexibility index (Phi) is 5.36. The molecule has 6 heteroatoms. The second-order valence-corrected chi connectivity index (χ2v) is 6.43. The van der Waals surface area contributed by atoms with E-state index in [1.54, 1.807) is 29.2 Å². The highest BCUT2D eigenvalue weighted by Gasteiger charge is 2.27. The summed E-state index contributed by atoms with van der Waals surface area (Å²) in [5.74, 6) is -0.300. The van der Waals surface area contributed by atoms with Gasteiger partial charge in [-0.2, -0.15) is 0 Å². The lowest BCUT2D eigenvalue weighted by Gasteiger charge is -2.33. The first-order chi connectivity index (χ1) is 12.0. The predicted octanol–water partition coefficient (Wildman–Crippen LogP) is 2.81. The van der Waals surface area contributed by atoms with Crippen molar-refractivity contribution in [2.24, 2.45) is 0 Å². The summed E-state index contributed by atoms with van der Waals surface area (Å²) in [5, 5.41) is 3.34. The van der Waals surface area contributed by atoms with E-state index in [4.69, 9.17) is 16.3 Å². The van der Waals surface area contributed by atoms with Crippen LogP contribution < -0.4 is 10.2 Å². The van der Waals surface area contributed by atoms with Crippen molar-refractivity contribution >= 4 is 29.1 Å². The molecule has 1 fully saturated rings. The summed E-state index contributed by atoms with van der Waals surface area (Å²) < 4.78 is 5.54. The van der Waals surface area contributed by atoms with Gasteiger partial charge in [-0.15, -0.1) is 0 Å². The van der Waals surface area contributed by atoms with Crippen LogP contribution in [0.1, 0.15) is 15.9 Å². The number of hydrogen-bond donors (Lipinski definition) is 1. The van der Waals surface area contributed by atoms with Crippen LogP contribution in [0.25, 0.3) is 0 Å². The van der Waals surface area contributed by atoms with Crippen LogP contribution in [0.5, 0.6) is 0 Å². The number of amides is 2. The predicted molar refractivity (Wildman–Crippen MR) is 97.1 cm³/mol. The third-order valence-corrected chi connectivity index (χ3v) is 4.29. The third-order valence-electron chi connectivity index (χ3n) is 4.05. The molecule has 1 aliphatic rings. The van der Waals surface area contributed by atoms with Crippen LogP contribution >= 0.6 is 11.6 Å². The van der Waals surface area contributed by atoms with Gasteiger partial charge in [-0.05, 0) is 37.3 Å². The monoisotopic (exact) mass is 358 g/mol. The van der Waals surface area contributed by atoms with Gasteiger partial charge in [-0.3, -0.25) is 9.59 Å². The highest BCUT2D eigenvalue weighted by Crippen LogP contribution is 2.19. The number of aryl methyl sites for hydroxylation is 1. The van der Waals surface area contributed by atoms with Gasteiger partial charge in [0.1, 0.15) is 6.61 Å². The maximum absolute atomic E-state index is 12.2. The molecule has 2 aromatic rings. The van der Waals surface area contributed by atoms with Crippen LogP contribution in [0, 0.1) is 6.92 Å². The molecular formula is C19H19ClN2O3. The Labute approximate surface area is 151 Å². The van der Waals surface area contributed by atoms with Gasteiger partial charge in [0, 0.05) is 22.8 Å². The summed E-state index contributed by atoms with van der Waals surface area (Å²) in [6, 6.07) is 14.5. The average molecular weight is 359 g/mol. The maximum atomic E-state index is 12.2. The molecule has 0 bridgehead atoms. The lowest BCUT2D eigenvalue weighted by molar-refractivity contribution is -0.129. The fourth-order valence-corrected chi connectivity index (χ4v) is 2.85. The second kappa shape index (κ2) is 7.68. The Bertz CT molecular complexity index is 776. The van der Waals surface area contributed by atoms with E-state index >= 15 is 0 Å². The third kappa shape index (κ3) is 4.38. The molecule has 1 heterocycles. The van der Waals surface area contributed by atoms with Crippen molar-refractivity contribution < 1.29 is 14.3 Å². The van der Waals surface area contributed by atoms with Crippen LogP contribution in [0.4, 0.5) is 5.69 Å². The number of carbonyl (C=O) groups excluding carboxylic acids is 2. The molecule has 0 radical (unpaired) electrons. The van der Waals surface area contributed by atoms with E-state index in [-0.39, 0.29) is 24.5 Å². The first kappa shape index (κ1) is 17.5. The first-order valence-electron chi connectivity index (χ1n) is 8.05. The number of nitrogens with one attached hydrogen (secondary N) is 1. The normalized spacial score (nSPS) is 17.4. The van der Waals surface area contributed by atoms with Crippen molar-refractivity contribution in [3.63, 3.8) is 0 Å². The molecule has 0 spiro atoms. The fourth-order valence-electron chi connectivity index (χ4n) is 2.66. The molecule has 1 atom stereocenters. The molecule has 3 rings (SSSR count). The number of benzene rings is 2. The van der Waals surface area contributed by atoms with Gasteiger partial charge in [0.05, 0.1) is 12.6 Å². The highest BCUT2D eigenvalue weighted by molar-refractivity contribution is 6.30. The zero-order chi connectivity index (χ0) is 17.8. The zero-order valence-corrected chi connectivity index (χ0v) is 14.6. The summed E-state index contributed by atoms with van der Waals surface area (Å²) in [4.78, 5) is 26.0. The number of nitrogens with zero attached hydrogens (tertiary/aromatic N) is 1. The summed E-state index contributed by atoms with van der Waals surface area (Å²) >= 11 is 5.90. The molecule has 1 unspecified atom stereocenters. The summed E-state index contributed by atoms with van der Waals surface area (Å²) in [5.41, 5.74) is 2.47. The molecule has 1 aliphatic heterocycles. The minimum absolute atomic E-state index is 0.00553. The molecule has 1 saturated heterocycles. The van der Waals surface area contributed by atoms with Crippen molar-refractivity contribution in [2.45, 2.75) is 13.0 Å². The van der Waals surface area contributed by atoms with Gasteiger partial charge in [-0.25, -0.2) is 0 Å². The number of carbonyl (C=O) groups is 2. The molecule has 0 aromatic heterocycles. The smallest absolute Gasteiger partial charge is 0.253 e. The van der Waals surface area contributed by atoms with E-state index in [1.165, 1.54) is 0 Å². The highest BCUT2D eigenvalue weighted by atomic mass is 35.5. The van der Waals surface area contributed by atoms with Gasteiger partial charge >= 0.3 is 0 Å². The van der Waals surface area contributed by atoms with Crippen molar-refractivity contribution in [2.75, 3.05) is 24.6 Å². The lowest BCUT2D eigenvalue weighted by atomic mass is 10.1. The second-order valence-electron chi connectivity index (χ2n) is 5.99. The van der Waals surface area contributed by atoms with Crippen molar-refractivity contribution in [3.05, 3.63) is 64.7 Å². The van der Waals surface area contributed by atoms with Crippen LogP contribution in [0.15, 0.2) is 48.5 Å². The molecule has 25 heavy (non-hydrogen) atoms. The zero-order valence-electron chi connectivity index (χ0n) is 13.9. The van der Waals surface area contributed by atoms with Crippen LogP contribution in [-0.2, 0) is 9.53 Å². The van der Waals surface area contributed by atoms with E-state index in [0.29, 0.717) is 23.7 Å². The van der Waals surface area contributed by atoms with Crippen LogP contribution in [0.3, 0.4) is 0 Å². The molecule has 130 valence electrons. The Morgan fingerprint density at radius 1 is 1.28 bits per heavy atom. The van der Waals surface area contributed by atoms with E-state index in [2.05, 4.69) is 5.32 Å². The Morgan fingerprint density at radius 2 is 2.04 bits per heavy atom. The number of hydrogen-bond acceptors (Lipinski definition) is 3. The number of anilines is 1. The van der Waals surface area contributed by atoms with Crippen molar-refractivity contribution in [1.82, 2.24) is 5.32 Å². The summed E-state index contributed by atoms with van der Waals surface area (Å²) in [6.07, 6.45) is -0.262. The van der Waals surface area contributed by atoms with Gasteiger partial charge in [0.15, 0.2) is 0 Å². The number of rotatable bonds is 4. The quantitative estimate of drug-likeness (QED) is 0.914. The number of halogens is 1. The maximum Gasteiger partial charge on any atom is 0.253 e. The van der Waals surface area contributed by atoms with Gasteiger partial charge in [0.2, 0.25) is 0 Å². The van der Waals surface area contributed by atoms with Crippen LogP contribution in [-0.4, -0.2) is 37.6 Å². The SMILES string of the molecule is Cc1ccc(N2CC(CNC(=O)c3cccc(Cl)c3)OCC2=O)cc1. The first-order valence-corrected chi connectivity index (χ1v) is 8.43. The molecule has 1 N–H and O–H groups in total. The summed E-state index contributed by atoms with van der Waals surface area (Å²) in [7, 11) is 0. The molecule has 0 aliphatic carbocycles. The number of morpholine rings is 1. The Morgan fingerprint density at radius 3 is 2.76 bits per heavy atom. The molecule has 5 nitrogen and oxygen atoms in total. The van der Waals surface area contributed by atoms with Gasteiger partial charge in [0.25, 0.3) is 11.8 Å². The lowest BCUT2D eigenvalue weighted by Crippen LogP contribution is -2.50. The van der Waals surface area contributed by atoms with Gasteiger partial charge in [-0.1, -0.05) is 35.4 Å². The van der Waals surface area contributed by atoms with E-state index in [1.807, 2.05) is 31.2 Å². The van der Waals surface area contributed by atoms with Gasteiger partial charge < -0.3 is 15.0 Å². The standard InChI is InChI=1S/C19H19ClN2O3/c1-13-5-7-16(8-6-13)22-11-17(25-12-18(22)23)10-21-19(24)14-3-2-4-15(20)9-14/h2-9,17H,10-12H2,1H3,(H,21,24). The molecule has 2 aromatic carbocycles. The van der Waals surface area contributed by atoms with Crippen molar-refractivity contribution in [1.29, 1.82) is 0 Å². The molecule has 0 saturated carbocycles. The van der Waals surface area contributed by atoms with E-state index < -0.39 is 0 Å². The number of ether oxygens (including phenoxy) is 1. The fraction of sp³-hybridized carbons (Fsp3) is 0.263. The van der Waals surface area contributed by atoms with Crippen LogP contribution in [0.2, 0.25) is 5.02 Å². The molecule has 2 amide bonds. The average Bonchev–Trinajstić information content (AvgIpc) is 2.61.